The largest absolute Gasteiger partial charge is 0.357 e. The Hall–Kier alpha value is -1.35. The Morgan fingerprint density at radius 3 is 2.71 bits per heavy atom. The second-order valence-corrected chi connectivity index (χ2v) is 7.67. The van der Waals surface area contributed by atoms with Gasteiger partial charge in [-0.05, 0) is 65.3 Å². The molecule has 6 nitrogen and oxygen atoms in total. The number of rotatable bonds is 9. The van der Waals surface area contributed by atoms with E-state index < -0.39 is 0 Å². The minimum Gasteiger partial charge on any atom is -0.357 e. The molecule has 2 aromatic rings. The van der Waals surface area contributed by atoms with E-state index >= 15 is 0 Å². The summed E-state index contributed by atoms with van der Waals surface area (Å²) in [6.45, 7) is 7.79. The van der Waals surface area contributed by atoms with Gasteiger partial charge in [0.1, 0.15) is 5.82 Å². The molecule has 1 aliphatic rings. The molecule has 1 heterocycles. The summed E-state index contributed by atoms with van der Waals surface area (Å²) in [6.07, 6.45) is 3.73. The van der Waals surface area contributed by atoms with E-state index in [0.29, 0.717) is 6.04 Å². The van der Waals surface area contributed by atoms with Crippen LogP contribution < -0.4 is 10.6 Å². The SMILES string of the molecule is CCNC(=NCC(C1CC1)N(C)C)NCCCn1c(C)nc2ccccc21.I. The van der Waals surface area contributed by atoms with Crippen LogP contribution in [0, 0.1) is 12.8 Å². The van der Waals surface area contributed by atoms with Crippen LogP contribution in [-0.4, -0.2) is 60.2 Å². The lowest BCUT2D eigenvalue weighted by Crippen LogP contribution is -2.40. The number of imidazole rings is 1. The number of fused-ring (bicyclic) bond motifs is 1. The fourth-order valence-corrected chi connectivity index (χ4v) is 3.66. The van der Waals surface area contributed by atoms with Gasteiger partial charge in [-0.2, -0.15) is 0 Å². The van der Waals surface area contributed by atoms with Crippen LogP contribution in [0.1, 0.15) is 32.0 Å². The number of aryl methyl sites for hydroxylation is 2. The molecule has 7 heteroatoms. The number of halogens is 1. The number of benzene rings is 1. The fraction of sp³-hybridized carbons (Fsp3) is 0.619. The first-order chi connectivity index (χ1) is 13.1. The predicted octanol–water partition coefficient (Wildman–Crippen LogP) is 3.25. The zero-order valence-electron chi connectivity index (χ0n) is 17.6. The van der Waals surface area contributed by atoms with Crippen LogP contribution in [0.15, 0.2) is 29.3 Å². The van der Waals surface area contributed by atoms with Gasteiger partial charge in [0.05, 0.1) is 17.6 Å². The Morgan fingerprint density at radius 2 is 2.04 bits per heavy atom. The second-order valence-electron chi connectivity index (χ2n) is 7.67. The summed E-state index contributed by atoms with van der Waals surface area (Å²) in [5.74, 6) is 2.83. The number of hydrogen-bond donors (Lipinski definition) is 2. The van der Waals surface area contributed by atoms with E-state index in [0.717, 1.165) is 55.8 Å². The monoisotopic (exact) mass is 498 g/mol. The van der Waals surface area contributed by atoms with Crippen molar-refractivity contribution in [2.24, 2.45) is 10.9 Å². The van der Waals surface area contributed by atoms with Gasteiger partial charge in [0.2, 0.25) is 0 Å². The number of likely N-dealkylation sites (N-methyl/N-ethyl adjacent to an activating group) is 1. The van der Waals surface area contributed by atoms with Crippen LogP contribution in [0.25, 0.3) is 11.0 Å². The topological polar surface area (TPSA) is 57.5 Å². The maximum atomic E-state index is 4.83. The molecule has 0 bridgehead atoms. The van der Waals surface area contributed by atoms with Gasteiger partial charge >= 0.3 is 0 Å². The minimum atomic E-state index is 0. The molecule has 0 spiro atoms. The first-order valence-corrected chi connectivity index (χ1v) is 10.2. The fourth-order valence-electron chi connectivity index (χ4n) is 3.66. The van der Waals surface area contributed by atoms with Crippen molar-refractivity contribution in [2.45, 2.75) is 45.7 Å². The Bertz CT molecular complexity index is 763. The third kappa shape index (κ3) is 6.07. The van der Waals surface area contributed by atoms with E-state index in [9.17, 15) is 0 Å². The first-order valence-electron chi connectivity index (χ1n) is 10.2. The molecule has 1 atom stereocenters. The van der Waals surface area contributed by atoms with Crippen molar-refractivity contribution in [1.82, 2.24) is 25.1 Å². The van der Waals surface area contributed by atoms with Crippen molar-refractivity contribution >= 4 is 41.0 Å². The maximum Gasteiger partial charge on any atom is 0.191 e. The van der Waals surface area contributed by atoms with Crippen LogP contribution in [0.5, 0.6) is 0 Å². The predicted molar refractivity (Wildman–Crippen MR) is 129 cm³/mol. The van der Waals surface area contributed by atoms with Crippen LogP contribution in [0.3, 0.4) is 0 Å². The van der Waals surface area contributed by atoms with Gasteiger partial charge in [0.15, 0.2) is 5.96 Å². The molecule has 3 rings (SSSR count). The Kier molecular flexibility index (Phi) is 9.01. The molecule has 2 N–H and O–H groups in total. The quantitative estimate of drug-likeness (QED) is 0.241. The van der Waals surface area contributed by atoms with Crippen molar-refractivity contribution in [3.05, 3.63) is 30.1 Å². The van der Waals surface area contributed by atoms with Crippen LogP contribution in [-0.2, 0) is 6.54 Å². The highest BCUT2D eigenvalue weighted by Crippen LogP contribution is 2.34. The van der Waals surface area contributed by atoms with Gasteiger partial charge in [-0.25, -0.2) is 4.98 Å². The number of aliphatic imine (C=N–C) groups is 1. The van der Waals surface area contributed by atoms with Gasteiger partial charge < -0.3 is 20.1 Å². The minimum absolute atomic E-state index is 0. The number of guanidine groups is 1. The van der Waals surface area contributed by atoms with E-state index in [4.69, 9.17) is 4.99 Å². The zero-order valence-corrected chi connectivity index (χ0v) is 19.9. The van der Waals surface area contributed by atoms with Crippen molar-refractivity contribution in [3.8, 4) is 0 Å². The number of hydrogen-bond acceptors (Lipinski definition) is 3. The van der Waals surface area contributed by atoms with Gasteiger partial charge in [-0.3, -0.25) is 4.99 Å². The lowest BCUT2D eigenvalue weighted by molar-refractivity contribution is 0.271. The van der Waals surface area contributed by atoms with E-state index in [1.807, 2.05) is 6.07 Å². The molecule has 1 aromatic carbocycles. The number of nitrogens with zero attached hydrogens (tertiary/aromatic N) is 4. The van der Waals surface area contributed by atoms with Crippen LogP contribution in [0.2, 0.25) is 0 Å². The Balaban J connectivity index is 0.00000280. The summed E-state index contributed by atoms with van der Waals surface area (Å²) in [5.41, 5.74) is 2.29. The Labute approximate surface area is 186 Å². The first kappa shape index (κ1) is 22.9. The molecule has 1 unspecified atom stereocenters. The summed E-state index contributed by atoms with van der Waals surface area (Å²) in [5, 5.41) is 6.86. The van der Waals surface area contributed by atoms with Crippen molar-refractivity contribution in [2.75, 3.05) is 33.7 Å². The summed E-state index contributed by atoms with van der Waals surface area (Å²) >= 11 is 0. The molecule has 1 fully saturated rings. The summed E-state index contributed by atoms with van der Waals surface area (Å²) < 4.78 is 2.30. The highest BCUT2D eigenvalue weighted by Gasteiger charge is 2.32. The molecule has 1 aliphatic carbocycles. The average molecular weight is 498 g/mol. The number of aromatic nitrogens is 2. The van der Waals surface area contributed by atoms with E-state index in [2.05, 4.69) is 71.2 Å². The van der Waals surface area contributed by atoms with Crippen LogP contribution >= 0.6 is 24.0 Å². The molecule has 1 saturated carbocycles. The summed E-state index contributed by atoms with van der Waals surface area (Å²) in [7, 11) is 4.33. The van der Waals surface area contributed by atoms with E-state index in [-0.39, 0.29) is 24.0 Å². The van der Waals surface area contributed by atoms with Gasteiger partial charge in [-0.1, -0.05) is 12.1 Å². The van der Waals surface area contributed by atoms with Crippen molar-refractivity contribution < 1.29 is 0 Å². The van der Waals surface area contributed by atoms with E-state index in [1.54, 1.807) is 0 Å². The molecule has 1 aromatic heterocycles. The standard InChI is InChI=1S/C21H34N6.HI/c1-5-22-21(24-15-20(26(3)4)17-11-12-17)23-13-8-14-27-16(2)25-18-9-6-7-10-19(18)27;/h6-7,9-10,17,20H,5,8,11-15H2,1-4H3,(H2,22,23,24);1H. The molecular weight excluding hydrogens is 463 g/mol. The highest BCUT2D eigenvalue weighted by molar-refractivity contribution is 14.0. The van der Waals surface area contributed by atoms with Crippen LogP contribution in [0.4, 0.5) is 0 Å². The van der Waals surface area contributed by atoms with Gasteiger partial charge in [0, 0.05) is 25.7 Å². The Morgan fingerprint density at radius 1 is 1.29 bits per heavy atom. The van der Waals surface area contributed by atoms with Gasteiger partial charge in [0.25, 0.3) is 0 Å². The third-order valence-corrected chi connectivity index (χ3v) is 5.31. The zero-order chi connectivity index (χ0) is 19.2. The number of nitrogens with one attached hydrogen (secondary N) is 2. The van der Waals surface area contributed by atoms with Crippen molar-refractivity contribution in [3.63, 3.8) is 0 Å². The van der Waals surface area contributed by atoms with E-state index in [1.165, 1.54) is 18.4 Å². The average Bonchev–Trinajstić information content (AvgIpc) is 3.42. The summed E-state index contributed by atoms with van der Waals surface area (Å²) in [4.78, 5) is 11.8. The molecule has 0 aliphatic heterocycles. The maximum absolute atomic E-state index is 4.83. The lowest BCUT2D eigenvalue weighted by Gasteiger charge is -2.23. The summed E-state index contributed by atoms with van der Waals surface area (Å²) in [6, 6.07) is 8.90. The highest BCUT2D eigenvalue weighted by atomic mass is 127. The third-order valence-electron chi connectivity index (χ3n) is 5.31. The second kappa shape index (κ2) is 11.0. The molecular formula is C21H35IN6. The number of para-hydroxylation sites is 2. The van der Waals surface area contributed by atoms with Gasteiger partial charge in [-0.15, -0.1) is 24.0 Å². The molecule has 156 valence electrons. The molecule has 0 saturated heterocycles. The molecule has 28 heavy (non-hydrogen) atoms. The van der Waals surface area contributed by atoms with Crippen molar-refractivity contribution in [1.29, 1.82) is 0 Å². The molecule has 0 amide bonds. The smallest absolute Gasteiger partial charge is 0.191 e. The normalized spacial score (nSPS) is 15.5. The lowest BCUT2D eigenvalue weighted by atomic mass is 10.2. The molecule has 0 radical (unpaired) electrons.